The number of carbonyl (C=O) groups is 3. The highest BCUT2D eigenvalue weighted by atomic mass is 19.3. The third-order valence-corrected chi connectivity index (χ3v) is 5.63. The average Bonchev–Trinajstić information content (AvgIpc) is 3.10. The molecule has 1 aliphatic carbocycles. The van der Waals surface area contributed by atoms with Crippen LogP contribution in [0.25, 0.3) is 11.1 Å². The highest BCUT2D eigenvalue weighted by Crippen LogP contribution is 2.44. The minimum absolute atomic E-state index is 0.0283. The number of hydrogen-bond donors (Lipinski definition) is 3. The van der Waals surface area contributed by atoms with Crippen LogP contribution in [0.1, 0.15) is 43.2 Å². The molecule has 2 aromatic rings. The topological polar surface area (TPSA) is 105 Å². The quantitative estimate of drug-likeness (QED) is 0.499. The predicted octanol–water partition coefficient (Wildman–Crippen LogP) is 3.92. The van der Waals surface area contributed by atoms with Gasteiger partial charge in [0.25, 0.3) is 0 Å². The van der Waals surface area contributed by atoms with Gasteiger partial charge in [0.1, 0.15) is 12.6 Å². The molecule has 0 aliphatic heterocycles. The van der Waals surface area contributed by atoms with Gasteiger partial charge in [0.05, 0.1) is 6.42 Å². The number of hydrogen-bond acceptors (Lipinski definition) is 4. The van der Waals surface area contributed by atoms with Gasteiger partial charge in [0, 0.05) is 18.4 Å². The maximum Gasteiger partial charge on any atom is 0.407 e. The van der Waals surface area contributed by atoms with Crippen molar-refractivity contribution in [1.82, 2.24) is 10.6 Å². The fraction of sp³-hybridized carbons (Fsp3) is 0.375. The smallest absolute Gasteiger partial charge is 0.407 e. The molecule has 9 heteroatoms. The number of aliphatic carboxylic acids is 1. The van der Waals surface area contributed by atoms with Gasteiger partial charge in [-0.05, 0) is 28.7 Å². The zero-order valence-corrected chi connectivity index (χ0v) is 18.1. The third kappa shape index (κ3) is 6.06. The molecule has 2 aromatic carbocycles. The predicted molar refractivity (Wildman–Crippen MR) is 117 cm³/mol. The second-order valence-corrected chi connectivity index (χ2v) is 7.86. The first-order valence-electron chi connectivity index (χ1n) is 10.7. The first kappa shape index (κ1) is 24.2. The molecule has 3 rings (SSSR count). The number of carboxylic acid groups (broad SMARTS) is 1. The van der Waals surface area contributed by atoms with Crippen LogP contribution in [0.5, 0.6) is 0 Å². The molecule has 176 valence electrons. The zero-order valence-electron chi connectivity index (χ0n) is 18.1. The lowest BCUT2D eigenvalue weighted by molar-refractivity contribution is -0.137. The number of fused-ring (bicyclic) bond motifs is 3. The lowest BCUT2D eigenvalue weighted by Crippen LogP contribution is -2.50. The van der Waals surface area contributed by atoms with Crippen molar-refractivity contribution in [1.29, 1.82) is 0 Å². The minimum Gasteiger partial charge on any atom is -0.481 e. The molecule has 0 spiro atoms. The van der Waals surface area contributed by atoms with E-state index in [1.165, 1.54) is 0 Å². The van der Waals surface area contributed by atoms with E-state index in [0.29, 0.717) is 6.42 Å². The van der Waals surface area contributed by atoms with Gasteiger partial charge in [-0.25, -0.2) is 13.6 Å². The first-order chi connectivity index (χ1) is 15.8. The molecule has 2 amide bonds. The standard InChI is InChI=1S/C24H26F2N2O5/c1-2-14(11-22(29)30)27-23(31)20(12-21(25)26)28-24(32)33-13-19-17-9-5-3-7-15(17)16-8-4-6-10-18(16)19/h3-10,14,19-21H,2,11-13H2,1H3,(H,27,31)(H,28,32)(H,29,30)/t14-,20?/m0/s1. The molecule has 0 radical (unpaired) electrons. The summed E-state index contributed by atoms with van der Waals surface area (Å²) in [4.78, 5) is 35.7. The van der Waals surface area contributed by atoms with Crippen LogP contribution < -0.4 is 10.6 Å². The van der Waals surface area contributed by atoms with E-state index in [4.69, 9.17) is 9.84 Å². The summed E-state index contributed by atoms with van der Waals surface area (Å²) >= 11 is 0. The van der Waals surface area contributed by atoms with E-state index < -0.39 is 42.9 Å². The summed E-state index contributed by atoms with van der Waals surface area (Å²) in [5.41, 5.74) is 4.07. The molecule has 33 heavy (non-hydrogen) atoms. The van der Waals surface area contributed by atoms with Gasteiger partial charge in [-0.15, -0.1) is 0 Å². The second-order valence-electron chi connectivity index (χ2n) is 7.86. The van der Waals surface area contributed by atoms with E-state index in [-0.39, 0.29) is 18.9 Å². The molecule has 0 saturated carbocycles. The number of alkyl carbamates (subject to hydrolysis) is 1. The van der Waals surface area contributed by atoms with Crippen LogP contribution in [-0.4, -0.2) is 48.2 Å². The minimum atomic E-state index is -2.85. The van der Waals surface area contributed by atoms with Crippen LogP contribution in [0.3, 0.4) is 0 Å². The summed E-state index contributed by atoms with van der Waals surface area (Å²) in [7, 11) is 0. The van der Waals surface area contributed by atoms with E-state index in [2.05, 4.69) is 10.6 Å². The molecule has 2 atom stereocenters. The Morgan fingerprint density at radius 1 is 1.00 bits per heavy atom. The molecule has 0 bridgehead atoms. The monoisotopic (exact) mass is 460 g/mol. The average molecular weight is 460 g/mol. The fourth-order valence-electron chi connectivity index (χ4n) is 4.00. The summed E-state index contributed by atoms with van der Waals surface area (Å²) in [5, 5.41) is 13.5. The maximum atomic E-state index is 13.0. The summed E-state index contributed by atoms with van der Waals surface area (Å²) in [5.74, 6) is -2.22. The molecule has 1 unspecified atom stereocenters. The number of nitrogens with one attached hydrogen (secondary N) is 2. The van der Waals surface area contributed by atoms with Gasteiger partial charge in [-0.3, -0.25) is 9.59 Å². The van der Waals surface area contributed by atoms with Gasteiger partial charge in [0.2, 0.25) is 12.3 Å². The molecule has 0 fully saturated rings. The molecule has 1 aliphatic rings. The molecule has 7 nitrogen and oxygen atoms in total. The van der Waals surface area contributed by atoms with E-state index in [9.17, 15) is 23.2 Å². The lowest BCUT2D eigenvalue weighted by Gasteiger charge is -2.22. The lowest BCUT2D eigenvalue weighted by atomic mass is 9.98. The van der Waals surface area contributed by atoms with Crippen LogP contribution in [0.4, 0.5) is 13.6 Å². The van der Waals surface area contributed by atoms with Crippen molar-refractivity contribution < 1.29 is 33.0 Å². The molecular weight excluding hydrogens is 434 g/mol. The Balaban J connectivity index is 1.65. The van der Waals surface area contributed by atoms with E-state index in [1.54, 1.807) is 6.92 Å². The van der Waals surface area contributed by atoms with Crippen LogP contribution >= 0.6 is 0 Å². The van der Waals surface area contributed by atoms with Gasteiger partial charge in [-0.1, -0.05) is 55.5 Å². The molecule has 0 aromatic heterocycles. The van der Waals surface area contributed by atoms with E-state index in [1.807, 2.05) is 48.5 Å². The van der Waals surface area contributed by atoms with Gasteiger partial charge in [-0.2, -0.15) is 0 Å². The van der Waals surface area contributed by atoms with Crippen LogP contribution in [0.2, 0.25) is 0 Å². The Morgan fingerprint density at radius 3 is 2.09 bits per heavy atom. The normalized spacial score (nSPS) is 14.2. The summed E-state index contributed by atoms with van der Waals surface area (Å²) in [6.07, 6.45) is -4.82. The SMILES string of the molecule is CC[C@@H](CC(=O)O)NC(=O)C(CC(F)F)NC(=O)OCC1c2ccccc2-c2ccccc21. The second kappa shape index (κ2) is 10.9. The largest absolute Gasteiger partial charge is 0.481 e. The van der Waals surface area contributed by atoms with Crippen molar-refractivity contribution in [3.8, 4) is 11.1 Å². The molecule has 3 N–H and O–H groups in total. The van der Waals surface area contributed by atoms with Crippen molar-refractivity contribution in [2.75, 3.05) is 6.61 Å². The van der Waals surface area contributed by atoms with Crippen LogP contribution in [-0.2, 0) is 14.3 Å². The van der Waals surface area contributed by atoms with Crippen LogP contribution in [0, 0.1) is 0 Å². The number of rotatable bonds is 10. The number of alkyl halides is 2. The number of benzene rings is 2. The van der Waals surface area contributed by atoms with Gasteiger partial charge < -0.3 is 20.5 Å². The first-order valence-corrected chi connectivity index (χ1v) is 10.7. The van der Waals surface area contributed by atoms with Crippen molar-refractivity contribution >= 4 is 18.0 Å². The highest BCUT2D eigenvalue weighted by molar-refractivity contribution is 5.86. The maximum absolute atomic E-state index is 13.0. The van der Waals surface area contributed by atoms with E-state index in [0.717, 1.165) is 22.3 Å². The van der Waals surface area contributed by atoms with E-state index >= 15 is 0 Å². The van der Waals surface area contributed by atoms with Crippen molar-refractivity contribution in [3.63, 3.8) is 0 Å². The number of amides is 2. The van der Waals surface area contributed by atoms with Crippen LogP contribution in [0.15, 0.2) is 48.5 Å². The summed E-state index contributed by atoms with van der Waals surface area (Å²) in [6.45, 7) is 1.63. The third-order valence-electron chi connectivity index (χ3n) is 5.63. The Hall–Kier alpha value is -3.49. The number of carbonyl (C=O) groups excluding carboxylic acids is 2. The van der Waals surface area contributed by atoms with Crippen molar-refractivity contribution in [3.05, 3.63) is 59.7 Å². The van der Waals surface area contributed by atoms with Crippen molar-refractivity contribution in [2.24, 2.45) is 0 Å². The summed E-state index contributed by atoms with van der Waals surface area (Å²) < 4.78 is 31.4. The Morgan fingerprint density at radius 2 is 1.58 bits per heavy atom. The van der Waals surface area contributed by atoms with Gasteiger partial charge >= 0.3 is 12.1 Å². The number of halogens is 2. The molecule has 0 heterocycles. The highest BCUT2D eigenvalue weighted by Gasteiger charge is 2.31. The Bertz CT molecular complexity index is 968. The summed E-state index contributed by atoms with van der Waals surface area (Å²) in [6, 6.07) is 13.2. The Labute approximate surface area is 190 Å². The zero-order chi connectivity index (χ0) is 24.0. The van der Waals surface area contributed by atoms with Gasteiger partial charge in [0.15, 0.2) is 0 Å². The molecule has 0 saturated heterocycles. The number of ether oxygens (including phenoxy) is 1. The fourth-order valence-corrected chi connectivity index (χ4v) is 4.00. The number of carboxylic acids is 1. The molecular formula is C24H26F2N2O5. The van der Waals surface area contributed by atoms with Crippen molar-refractivity contribution in [2.45, 2.75) is 50.6 Å². The Kier molecular flexibility index (Phi) is 7.97.